The molecule has 8 heteroatoms. The van der Waals surface area contributed by atoms with Gasteiger partial charge in [0, 0.05) is 19.6 Å². The summed E-state index contributed by atoms with van der Waals surface area (Å²) in [6.07, 6.45) is 2.70. The van der Waals surface area contributed by atoms with Crippen LogP contribution in [0.1, 0.15) is 24.7 Å². The summed E-state index contributed by atoms with van der Waals surface area (Å²) < 4.78 is 1.94. The molecule has 0 spiro atoms. The Morgan fingerprint density at radius 2 is 2.15 bits per heavy atom. The monoisotopic (exact) mass is 370 g/mol. The molecule has 2 N–H and O–H groups in total. The molecule has 3 rings (SSSR count). The van der Waals surface area contributed by atoms with Crippen LogP contribution in [0.2, 0.25) is 0 Å². The summed E-state index contributed by atoms with van der Waals surface area (Å²) in [5.74, 6) is 0.470. The number of likely N-dealkylation sites (N-methyl/N-ethyl adjacent to an activating group) is 1. The first kappa shape index (κ1) is 19.0. The minimum absolute atomic E-state index is 0.0794. The summed E-state index contributed by atoms with van der Waals surface area (Å²) in [7, 11) is 0. The molecule has 1 fully saturated rings. The second-order valence-corrected chi connectivity index (χ2v) is 6.59. The van der Waals surface area contributed by atoms with Gasteiger partial charge in [0.05, 0.1) is 19.0 Å². The lowest BCUT2D eigenvalue weighted by Crippen LogP contribution is -2.56. The molecular weight excluding hydrogens is 344 g/mol. The van der Waals surface area contributed by atoms with Crippen LogP contribution in [0.4, 0.5) is 0 Å². The largest absolute Gasteiger partial charge is 0.353 e. The molecule has 1 aliphatic rings. The minimum Gasteiger partial charge on any atom is -0.353 e. The second kappa shape index (κ2) is 9.27. The number of aryl methyl sites for hydroxylation is 2. The number of rotatable bonds is 8. The maximum atomic E-state index is 12.3. The van der Waals surface area contributed by atoms with Gasteiger partial charge in [0.1, 0.15) is 6.33 Å². The third-order valence-corrected chi connectivity index (χ3v) is 4.85. The zero-order valence-corrected chi connectivity index (χ0v) is 15.6. The van der Waals surface area contributed by atoms with E-state index in [1.807, 2.05) is 34.6 Å². The van der Waals surface area contributed by atoms with E-state index in [1.165, 1.54) is 5.56 Å². The number of hydrogen-bond donors (Lipinski definition) is 2. The van der Waals surface area contributed by atoms with Crippen molar-refractivity contribution in [2.45, 2.75) is 38.9 Å². The molecule has 1 aliphatic heterocycles. The Kier molecular flexibility index (Phi) is 6.54. The summed E-state index contributed by atoms with van der Waals surface area (Å²) >= 11 is 0. The highest BCUT2D eigenvalue weighted by molar-refractivity contribution is 5.88. The molecule has 2 amide bonds. The molecular formula is C19H26N6O2. The van der Waals surface area contributed by atoms with Gasteiger partial charge in [-0.25, -0.2) is 0 Å². The highest BCUT2D eigenvalue weighted by Crippen LogP contribution is 2.09. The Hall–Kier alpha value is -2.74. The zero-order valence-electron chi connectivity index (χ0n) is 15.6. The predicted molar refractivity (Wildman–Crippen MR) is 101 cm³/mol. The maximum Gasteiger partial charge on any atom is 0.237 e. The Morgan fingerprint density at radius 1 is 1.33 bits per heavy atom. The van der Waals surface area contributed by atoms with Crippen LogP contribution in [0.5, 0.6) is 0 Å². The van der Waals surface area contributed by atoms with Crippen LogP contribution in [-0.2, 0) is 29.1 Å². The molecule has 1 saturated heterocycles. The van der Waals surface area contributed by atoms with E-state index in [0.717, 1.165) is 26.1 Å². The fraction of sp³-hybridized carbons (Fsp3) is 0.474. The number of piperazine rings is 1. The molecule has 0 radical (unpaired) electrons. The van der Waals surface area contributed by atoms with E-state index in [2.05, 4.69) is 33.0 Å². The summed E-state index contributed by atoms with van der Waals surface area (Å²) in [6, 6.07) is 9.80. The first-order chi connectivity index (χ1) is 13.2. The van der Waals surface area contributed by atoms with E-state index in [-0.39, 0.29) is 18.2 Å². The van der Waals surface area contributed by atoms with Crippen molar-refractivity contribution in [2.24, 2.45) is 0 Å². The van der Waals surface area contributed by atoms with Crippen LogP contribution in [-0.4, -0.2) is 57.2 Å². The molecule has 1 atom stereocenters. The summed E-state index contributed by atoms with van der Waals surface area (Å²) in [5, 5.41) is 13.7. The molecule has 144 valence electrons. The smallest absolute Gasteiger partial charge is 0.237 e. The SMILES string of the molecule is CCN1CCNC(=O)C1CC(=O)NCc1nncn1CCc1ccccc1. The van der Waals surface area contributed by atoms with Crippen molar-refractivity contribution < 1.29 is 9.59 Å². The molecule has 2 aromatic rings. The molecule has 8 nitrogen and oxygen atoms in total. The van der Waals surface area contributed by atoms with Crippen LogP contribution in [0.3, 0.4) is 0 Å². The van der Waals surface area contributed by atoms with Crippen LogP contribution >= 0.6 is 0 Å². The van der Waals surface area contributed by atoms with Gasteiger partial charge in [-0.05, 0) is 18.5 Å². The number of carbonyl (C=O) groups is 2. The van der Waals surface area contributed by atoms with Crippen molar-refractivity contribution in [2.75, 3.05) is 19.6 Å². The number of nitrogens with one attached hydrogen (secondary N) is 2. The molecule has 1 aromatic heterocycles. The van der Waals surface area contributed by atoms with E-state index in [1.54, 1.807) is 6.33 Å². The third kappa shape index (κ3) is 5.13. The fourth-order valence-corrected chi connectivity index (χ4v) is 3.28. The van der Waals surface area contributed by atoms with Crippen molar-refractivity contribution in [1.82, 2.24) is 30.3 Å². The topological polar surface area (TPSA) is 92.2 Å². The van der Waals surface area contributed by atoms with E-state index in [0.29, 0.717) is 18.9 Å². The van der Waals surface area contributed by atoms with Crippen LogP contribution in [0.25, 0.3) is 0 Å². The molecule has 1 aromatic carbocycles. The molecule has 0 bridgehead atoms. The number of aromatic nitrogens is 3. The predicted octanol–water partition coefficient (Wildman–Crippen LogP) is 0.347. The first-order valence-corrected chi connectivity index (χ1v) is 9.36. The Balaban J connectivity index is 1.50. The van der Waals surface area contributed by atoms with Crippen molar-refractivity contribution in [3.05, 3.63) is 48.0 Å². The van der Waals surface area contributed by atoms with Gasteiger partial charge in [-0.3, -0.25) is 14.5 Å². The molecule has 0 aliphatic carbocycles. The van der Waals surface area contributed by atoms with Gasteiger partial charge in [0.15, 0.2) is 5.82 Å². The Labute approximate surface area is 159 Å². The van der Waals surface area contributed by atoms with Gasteiger partial charge in [-0.2, -0.15) is 0 Å². The van der Waals surface area contributed by atoms with Gasteiger partial charge in [-0.15, -0.1) is 10.2 Å². The van der Waals surface area contributed by atoms with Crippen LogP contribution < -0.4 is 10.6 Å². The standard InChI is InChI=1S/C19H26N6O2/c1-2-24-11-9-20-19(27)16(24)12-18(26)21-13-17-23-22-14-25(17)10-8-15-6-4-3-5-7-15/h3-7,14,16H,2,8-13H2,1H3,(H,20,27)(H,21,26). The molecule has 0 saturated carbocycles. The van der Waals surface area contributed by atoms with Gasteiger partial charge in [0.25, 0.3) is 0 Å². The first-order valence-electron chi connectivity index (χ1n) is 9.36. The minimum atomic E-state index is -0.403. The van der Waals surface area contributed by atoms with E-state index in [4.69, 9.17) is 0 Å². The highest BCUT2D eigenvalue weighted by Gasteiger charge is 2.30. The number of carbonyl (C=O) groups excluding carboxylic acids is 2. The third-order valence-electron chi connectivity index (χ3n) is 4.85. The quantitative estimate of drug-likeness (QED) is 0.699. The Bertz CT molecular complexity index is 761. The number of benzene rings is 1. The average molecular weight is 370 g/mol. The number of nitrogens with zero attached hydrogens (tertiary/aromatic N) is 4. The van der Waals surface area contributed by atoms with Gasteiger partial charge in [-0.1, -0.05) is 37.3 Å². The van der Waals surface area contributed by atoms with Crippen molar-refractivity contribution in [3.63, 3.8) is 0 Å². The highest BCUT2D eigenvalue weighted by atomic mass is 16.2. The normalized spacial score (nSPS) is 17.5. The van der Waals surface area contributed by atoms with E-state index in [9.17, 15) is 9.59 Å². The summed E-state index contributed by atoms with van der Waals surface area (Å²) in [6.45, 7) is 5.20. The van der Waals surface area contributed by atoms with Crippen LogP contribution in [0, 0.1) is 0 Å². The number of hydrogen-bond acceptors (Lipinski definition) is 5. The van der Waals surface area contributed by atoms with Gasteiger partial charge >= 0.3 is 0 Å². The zero-order chi connectivity index (χ0) is 19.1. The molecule has 1 unspecified atom stereocenters. The van der Waals surface area contributed by atoms with E-state index >= 15 is 0 Å². The lowest BCUT2D eigenvalue weighted by molar-refractivity contribution is -0.133. The maximum absolute atomic E-state index is 12.3. The fourth-order valence-electron chi connectivity index (χ4n) is 3.28. The van der Waals surface area contributed by atoms with Crippen molar-refractivity contribution in [1.29, 1.82) is 0 Å². The number of amides is 2. The lowest BCUT2D eigenvalue weighted by atomic mass is 10.1. The Morgan fingerprint density at radius 3 is 2.93 bits per heavy atom. The average Bonchev–Trinajstić information content (AvgIpc) is 3.14. The summed E-state index contributed by atoms with van der Waals surface area (Å²) in [5.41, 5.74) is 1.24. The van der Waals surface area contributed by atoms with Crippen molar-refractivity contribution in [3.8, 4) is 0 Å². The van der Waals surface area contributed by atoms with Gasteiger partial charge < -0.3 is 15.2 Å². The van der Waals surface area contributed by atoms with Crippen LogP contribution in [0.15, 0.2) is 36.7 Å². The second-order valence-electron chi connectivity index (χ2n) is 6.59. The van der Waals surface area contributed by atoms with E-state index < -0.39 is 6.04 Å². The van der Waals surface area contributed by atoms with Gasteiger partial charge in [0.2, 0.25) is 11.8 Å². The lowest BCUT2D eigenvalue weighted by Gasteiger charge is -2.33. The van der Waals surface area contributed by atoms with Crippen molar-refractivity contribution >= 4 is 11.8 Å². The molecule has 2 heterocycles. The summed E-state index contributed by atoms with van der Waals surface area (Å²) in [4.78, 5) is 26.4. The molecule has 27 heavy (non-hydrogen) atoms.